The summed E-state index contributed by atoms with van der Waals surface area (Å²) in [6, 6.07) is 6.95. The SMILES string of the molecule is CC(C)c1ccc(NCC2CCSC2)c(C(C)C)c1. The molecule has 1 aromatic rings. The molecule has 2 rings (SSSR count). The molecule has 0 radical (unpaired) electrons. The van der Waals surface area contributed by atoms with E-state index in [1.807, 2.05) is 0 Å². The van der Waals surface area contributed by atoms with Crippen LogP contribution in [0.2, 0.25) is 0 Å². The summed E-state index contributed by atoms with van der Waals surface area (Å²) in [5, 5.41) is 3.69. The molecule has 1 atom stereocenters. The summed E-state index contributed by atoms with van der Waals surface area (Å²) in [5.74, 6) is 4.72. The van der Waals surface area contributed by atoms with Crippen molar-refractivity contribution < 1.29 is 0 Å². The standard InChI is InChI=1S/C17H27NS/c1-12(2)15-5-6-17(16(9-15)13(3)4)18-10-14-7-8-19-11-14/h5-6,9,12-14,18H,7-8,10-11H2,1-4H3. The van der Waals surface area contributed by atoms with Crippen LogP contribution in [0.25, 0.3) is 0 Å². The second-order valence-electron chi connectivity index (χ2n) is 6.27. The molecule has 1 fully saturated rings. The molecule has 0 spiro atoms. The van der Waals surface area contributed by atoms with Gasteiger partial charge in [0.15, 0.2) is 0 Å². The van der Waals surface area contributed by atoms with Gasteiger partial charge in [0, 0.05) is 12.2 Å². The highest BCUT2D eigenvalue weighted by Crippen LogP contribution is 2.30. The van der Waals surface area contributed by atoms with Gasteiger partial charge in [-0.1, -0.05) is 39.8 Å². The zero-order chi connectivity index (χ0) is 13.8. The van der Waals surface area contributed by atoms with Crippen LogP contribution < -0.4 is 5.32 Å². The fraction of sp³-hybridized carbons (Fsp3) is 0.647. The number of benzene rings is 1. The number of thioether (sulfide) groups is 1. The average molecular weight is 277 g/mol. The van der Waals surface area contributed by atoms with Crippen molar-refractivity contribution >= 4 is 17.4 Å². The monoisotopic (exact) mass is 277 g/mol. The minimum atomic E-state index is 0.583. The molecule has 0 saturated carbocycles. The first-order valence-electron chi connectivity index (χ1n) is 7.53. The van der Waals surface area contributed by atoms with Crippen molar-refractivity contribution in [1.82, 2.24) is 0 Å². The average Bonchev–Trinajstić information content (AvgIpc) is 2.89. The second-order valence-corrected chi connectivity index (χ2v) is 7.42. The maximum absolute atomic E-state index is 3.69. The van der Waals surface area contributed by atoms with Gasteiger partial charge in [-0.2, -0.15) is 11.8 Å². The maximum Gasteiger partial charge on any atom is 0.0375 e. The highest BCUT2D eigenvalue weighted by Gasteiger charge is 2.16. The lowest BCUT2D eigenvalue weighted by atomic mass is 9.94. The Morgan fingerprint density at radius 3 is 2.58 bits per heavy atom. The number of hydrogen-bond acceptors (Lipinski definition) is 2. The van der Waals surface area contributed by atoms with Crippen molar-refractivity contribution in [2.75, 3.05) is 23.4 Å². The molecule has 1 aliphatic heterocycles. The number of anilines is 1. The van der Waals surface area contributed by atoms with E-state index in [-0.39, 0.29) is 0 Å². The third kappa shape index (κ3) is 3.92. The summed E-state index contributed by atoms with van der Waals surface area (Å²) in [4.78, 5) is 0. The summed E-state index contributed by atoms with van der Waals surface area (Å²) in [6.45, 7) is 10.2. The Labute approximate surface area is 122 Å². The van der Waals surface area contributed by atoms with Gasteiger partial charge in [0.25, 0.3) is 0 Å². The molecule has 1 N–H and O–H groups in total. The lowest BCUT2D eigenvalue weighted by Gasteiger charge is -2.19. The first-order chi connectivity index (χ1) is 9.08. The molecule has 1 unspecified atom stereocenters. The van der Waals surface area contributed by atoms with Gasteiger partial charge in [-0.15, -0.1) is 0 Å². The molecule has 1 aliphatic rings. The van der Waals surface area contributed by atoms with Crippen LogP contribution >= 0.6 is 11.8 Å². The molecular formula is C17H27NS. The van der Waals surface area contributed by atoms with Crippen molar-refractivity contribution in [1.29, 1.82) is 0 Å². The van der Waals surface area contributed by atoms with Crippen LogP contribution in [0.3, 0.4) is 0 Å². The molecule has 0 aliphatic carbocycles. The van der Waals surface area contributed by atoms with Gasteiger partial charge in [0.05, 0.1) is 0 Å². The summed E-state index contributed by atoms with van der Waals surface area (Å²) >= 11 is 2.09. The molecule has 1 saturated heterocycles. The maximum atomic E-state index is 3.69. The number of rotatable bonds is 5. The Hall–Kier alpha value is -0.630. The zero-order valence-electron chi connectivity index (χ0n) is 12.7. The van der Waals surface area contributed by atoms with Crippen molar-refractivity contribution in [3.8, 4) is 0 Å². The predicted octanol–water partition coefficient (Wildman–Crippen LogP) is 5.10. The fourth-order valence-electron chi connectivity index (χ4n) is 2.58. The molecule has 0 aromatic heterocycles. The van der Waals surface area contributed by atoms with Crippen LogP contribution in [0.4, 0.5) is 5.69 Å². The topological polar surface area (TPSA) is 12.0 Å². The van der Waals surface area contributed by atoms with E-state index >= 15 is 0 Å². The summed E-state index contributed by atoms with van der Waals surface area (Å²) < 4.78 is 0. The van der Waals surface area contributed by atoms with E-state index in [1.54, 1.807) is 0 Å². The fourth-order valence-corrected chi connectivity index (χ4v) is 3.86. The first-order valence-corrected chi connectivity index (χ1v) is 8.69. The summed E-state index contributed by atoms with van der Waals surface area (Å²) in [6.07, 6.45) is 1.37. The van der Waals surface area contributed by atoms with Gasteiger partial charge in [-0.3, -0.25) is 0 Å². The van der Waals surface area contributed by atoms with Crippen LogP contribution in [-0.2, 0) is 0 Å². The van der Waals surface area contributed by atoms with Gasteiger partial charge >= 0.3 is 0 Å². The van der Waals surface area contributed by atoms with Crippen LogP contribution in [-0.4, -0.2) is 18.1 Å². The quantitative estimate of drug-likeness (QED) is 0.803. The van der Waals surface area contributed by atoms with Crippen molar-refractivity contribution in [3.05, 3.63) is 29.3 Å². The molecule has 2 heteroatoms. The molecular weight excluding hydrogens is 250 g/mol. The number of hydrogen-bond donors (Lipinski definition) is 1. The van der Waals surface area contributed by atoms with E-state index in [2.05, 4.69) is 63.0 Å². The van der Waals surface area contributed by atoms with Crippen LogP contribution in [0.5, 0.6) is 0 Å². The normalized spacial score (nSPS) is 19.4. The van der Waals surface area contributed by atoms with Gasteiger partial charge < -0.3 is 5.32 Å². The Balaban J connectivity index is 2.09. The molecule has 1 nitrogen and oxygen atoms in total. The second kappa shape index (κ2) is 6.69. The lowest BCUT2D eigenvalue weighted by Crippen LogP contribution is -2.15. The summed E-state index contributed by atoms with van der Waals surface area (Å²) in [5.41, 5.74) is 4.26. The van der Waals surface area contributed by atoms with Gasteiger partial charge in [0.1, 0.15) is 0 Å². The van der Waals surface area contributed by atoms with E-state index < -0.39 is 0 Å². The minimum absolute atomic E-state index is 0.583. The third-order valence-electron chi connectivity index (χ3n) is 3.97. The van der Waals surface area contributed by atoms with E-state index in [9.17, 15) is 0 Å². The van der Waals surface area contributed by atoms with Crippen LogP contribution in [0.15, 0.2) is 18.2 Å². The van der Waals surface area contributed by atoms with E-state index in [0.29, 0.717) is 11.8 Å². The predicted molar refractivity (Wildman–Crippen MR) is 88.5 cm³/mol. The molecule has 0 amide bonds. The van der Waals surface area contributed by atoms with Gasteiger partial charge in [0.2, 0.25) is 0 Å². The van der Waals surface area contributed by atoms with Crippen molar-refractivity contribution in [2.24, 2.45) is 5.92 Å². The Bertz CT molecular complexity index is 406. The Morgan fingerprint density at radius 2 is 2.00 bits per heavy atom. The van der Waals surface area contributed by atoms with E-state index in [4.69, 9.17) is 0 Å². The smallest absolute Gasteiger partial charge is 0.0375 e. The van der Waals surface area contributed by atoms with Crippen LogP contribution in [0, 0.1) is 5.92 Å². The lowest BCUT2D eigenvalue weighted by molar-refractivity contribution is 0.631. The highest BCUT2D eigenvalue weighted by molar-refractivity contribution is 7.99. The Kier molecular flexibility index (Phi) is 5.20. The van der Waals surface area contributed by atoms with Crippen molar-refractivity contribution in [3.63, 3.8) is 0 Å². The first kappa shape index (κ1) is 14.8. The Morgan fingerprint density at radius 1 is 1.21 bits per heavy atom. The third-order valence-corrected chi connectivity index (χ3v) is 5.20. The largest absolute Gasteiger partial charge is 0.385 e. The van der Waals surface area contributed by atoms with E-state index in [1.165, 1.54) is 34.7 Å². The molecule has 1 aromatic carbocycles. The molecule has 106 valence electrons. The minimum Gasteiger partial charge on any atom is -0.385 e. The van der Waals surface area contributed by atoms with Gasteiger partial charge in [-0.25, -0.2) is 0 Å². The van der Waals surface area contributed by atoms with Gasteiger partial charge in [-0.05, 0) is 52.9 Å². The molecule has 19 heavy (non-hydrogen) atoms. The van der Waals surface area contributed by atoms with Crippen molar-refractivity contribution in [2.45, 2.75) is 46.0 Å². The highest BCUT2D eigenvalue weighted by atomic mass is 32.2. The van der Waals surface area contributed by atoms with E-state index in [0.717, 1.165) is 12.5 Å². The zero-order valence-corrected chi connectivity index (χ0v) is 13.5. The van der Waals surface area contributed by atoms with Crippen LogP contribution in [0.1, 0.15) is 57.1 Å². The molecule has 1 heterocycles. The number of nitrogens with one attached hydrogen (secondary N) is 1. The summed E-state index contributed by atoms with van der Waals surface area (Å²) in [7, 11) is 0. The molecule has 0 bridgehead atoms.